The highest BCUT2D eigenvalue weighted by Gasteiger charge is 2.46. The Hall–Kier alpha value is -2.12. The van der Waals surface area contributed by atoms with Gasteiger partial charge in [0, 0.05) is 5.92 Å². The van der Waals surface area contributed by atoms with Crippen LogP contribution >= 0.6 is 0 Å². The Morgan fingerprint density at radius 2 is 1.50 bits per heavy atom. The predicted octanol–water partition coefficient (Wildman–Crippen LogP) is -1.04. The van der Waals surface area contributed by atoms with Gasteiger partial charge >= 0.3 is 0 Å². The van der Waals surface area contributed by atoms with Crippen LogP contribution in [0.3, 0.4) is 0 Å². The Morgan fingerprint density at radius 1 is 0.917 bits per heavy atom. The van der Waals surface area contributed by atoms with Gasteiger partial charge in [0.15, 0.2) is 18.1 Å². The lowest BCUT2D eigenvalue weighted by atomic mass is 9.96. The number of primary amides is 1. The second kappa shape index (κ2) is 15.9. The van der Waals surface area contributed by atoms with Crippen LogP contribution in [0.5, 0.6) is 0 Å². The summed E-state index contributed by atoms with van der Waals surface area (Å²) in [6.45, 7) is 5.41. The normalized spacial score (nSPS) is 25.7. The van der Waals surface area contributed by atoms with E-state index in [0.717, 1.165) is 25.7 Å². The molecule has 0 aromatic rings. The van der Waals surface area contributed by atoms with E-state index in [9.17, 15) is 34.5 Å². The molecule has 0 aliphatic carbocycles. The minimum Gasteiger partial charge on any atom is -0.387 e. The molecule has 0 saturated carbocycles. The fourth-order valence-corrected chi connectivity index (χ4v) is 3.99. The first kappa shape index (κ1) is 31.9. The van der Waals surface area contributed by atoms with Gasteiger partial charge in [-0.3, -0.25) is 19.2 Å². The number of nitrogens with two attached hydrogens (primary N) is 2. The molecule has 7 atom stereocenters. The van der Waals surface area contributed by atoms with Gasteiger partial charge in [0.2, 0.25) is 17.7 Å². The lowest BCUT2D eigenvalue weighted by Crippen LogP contribution is -2.65. The molecule has 1 aliphatic rings. The number of carbonyl (C=O) groups is 4. The molecule has 0 aromatic carbocycles. The molecule has 0 radical (unpaired) electrons. The zero-order chi connectivity index (χ0) is 27.4. The number of rotatable bonds is 16. The minimum atomic E-state index is -1.81. The highest BCUT2D eigenvalue weighted by molar-refractivity contribution is 5.95. The van der Waals surface area contributed by atoms with Crippen molar-refractivity contribution in [3.8, 4) is 0 Å². The maximum absolute atomic E-state index is 12.7. The number of hydrogen-bond acceptors (Lipinski definition) is 9. The summed E-state index contributed by atoms with van der Waals surface area (Å²) in [7, 11) is 0. The molecule has 0 aromatic heterocycles. The van der Waals surface area contributed by atoms with Crippen LogP contribution in [0.4, 0.5) is 0 Å². The summed E-state index contributed by atoms with van der Waals surface area (Å²) in [5.74, 6) is -3.32. The first-order valence-electron chi connectivity index (χ1n) is 12.8. The van der Waals surface area contributed by atoms with Crippen molar-refractivity contribution in [2.45, 2.75) is 121 Å². The van der Waals surface area contributed by atoms with Gasteiger partial charge in [0.1, 0.15) is 18.3 Å². The van der Waals surface area contributed by atoms with E-state index in [1.807, 2.05) is 0 Å². The van der Waals surface area contributed by atoms with Crippen molar-refractivity contribution < 1.29 is 39.2 Å². The number of aliphatic hydroxyl groups excluding tert-OH is 3. The number of carbonyl (C=O) groups excluding carboxylic acids is 4. The van der Waals surface area contributed by atoms with Crippen LogP contribution in [-0.2, 0) is 23.9 Å². The Labute approximate surface area is 212 Å². The van der Waals surface area contributed by atoms with Crippen LogP contribution < -0.4 is 22.1 Å². The third-order valence-corrected chi connectivity index (χ3v) is 6.27. The van der Waals surface area contributed by atoms with Crippen molar-refractivity contribution >= 4 is 23.5 Å². The number of aliphatic hydroxyl groups is 3. The number of hydrogen-bond donors (Lipinski definition) is 7. The summed E-state index contributed by atoms with van der Waals surface area (Å²) in [6.07, 6.45) is -1.10. The Morgan fingerprint density at radius 3 is 2.06 bits per heavy atom. The second-order valence-electron chi connectivity index (χ2n) is 9.76. The third kappa shape index (κ3) is 10.1. The van der Waals surface area contributed by atoms with Gasteiger partial charge < -0.3 is 42.2 Å². The Bertz CT molecular complexity index is 735. The van der Waals surface area contributed by atoms with E-state index >= 15 is 0 Å². The van der Waals surface area contributed by atoms with Crippen LogP contribution in [0, 0.1) is 5.92 Å². The zero-order valence-electron chi connectivity index (χ0n) is 21.5. The molecule has 0 bridgehead atoms. The Balaban J connectivity index is 2.68. The molecular formula is C24H44N4O8. The van der Waals surface area contributed by atoms with Gasteiger partial charge in [0.05, 0.1) is 18.5 Å². The number of Topliss-reactive ketones (excluding diaryl/α,β-unsaturated/α-hetero) is 1. The van der Waals surface area contributed by atoms with Crippen LogP contribution in [0.25, 0.3) is 0 Å². The maximum Gasteiger partial charge on any atom is 0.249 e. The monoisotopic (exact) mass is 516 g/mol. The summed E-state index contributed by atoms with van der Waals surface area (Å²) >= 11 is 0. The van der Waals surface area contributed by atoms with Crippen LogP contribution in [0.2, 0.25) is 0 Å². The quantitative estimate of drug-likeness (QED) is 0.125. The number of ether oxygens (including phenoxy) is 1. The van der Waals surface area contributed by atoms with Gasteiger partial charge in [-0.1, -0.05) is 65.7 Å². The lowest BCUT2D eigenvalue weighted by molar-refractivity contribution is -0.226. The van der Waals surface area contributed by atoms with Gasteiger partial charge in [0.25, 0.3) is 0 Å². The Kier molecular flexibility index (Phi) is 14.1. The fourth-order valence-electron chi connectivity index (χ4n) is 3.99. The van der Waals surface area contributed by atoms with Crippen molar-refractivity contribution in [1.82, 2.24) is 10.6 Å². The van der Waals surface area contributed by atoms with Crippen LogP contribution in [0.1, 0.15) is 78.6 Å². The molecule has 208 valence electrons. The first-order chi connectivity index (χ1) is 16.9. The first-order valence-corrected chi connectivity index (χ1v) is 12.8. The van der Waals surface area contributed by atoms with E-state index in [4.69, 9.17) is 16.2 Å². The van der Waals surface area contributed by atoms with Crippen LogP contribution in [0.15, 0.2) is 0 Å². The van der Waals surface area contributed by atoms with Gasteiger partial charge in [-0.25, -0.2) is 0 Å². The third-order valence-electron chi connectivity index (χ3n) is 6.27. The molecule has 1 fully saturated rings. The molecule has 12 nitrogen and oxygen atoms in total. The number of unbranched alkanes of at least 4 members (excludes halogenated alkanes) is 6. The van der Waals surface area contributed by atoms with E-state index in [1.165, 1.54) is 19.3 Å². The average molecular weight is 517 g/mol. The lowest BCUT2D eigenvalue weighted by Gasteiger charge is -2.39. The molecule has 1 saturated heterocycles. The minimum absolute atomic E-state index is 0.391. The van der Waals surface area contributed by atoms with E-state index < -0.39 is 78.6 Å². The molecule has 4 unspecified atom stereocenters. The fraction of sp³-hybridized carbons (Fsp3) is 0.833. The summed E-state index contributed by atoms with van der Waals surface area (Å²) in [6, 6.07) is -2.01. The number of amides is 3. The number of nitrogens with one attached hydrogen (secondary N) is 2. The zero-order valence-corrected chi connectivity index (χ0v) is 21.5. The molecule has 36 heavy (non-hydrogen) atoms. The van der Waals surface area contributed by atoms with E-state index in [-0.39, 0.29) is 0 Å². The van der Waals surface area contributed by atoms with Crippen molar-refractivity contribution in [2.75, 3.05) is 0 Å². The largest absolute Gasteiger partial charge is 0.387 e. The standard InChI is InChI=1S/C24H44N4O8/c1-4-5-6-7-8-9-10-11-14(25)23(35)27-15(17(30)13(2)3)12-16(29)28-24-20(33)18(31)19(32)21(36-24)22(26)34/h13-15,18-21,24,31-33H,4-12,25H2,1-3H3,(H2,26,34)(H,27,35)(H,28,29)/t14?,15?,18-,19+,20?,21?,24+/m0/s1. The molecule has 1 heterocycles. The van der Waals surface area contributed by atoms with Crippen molar-refractivity contribution in [1.29, 1.82) is 0 Å². The highest BCUT2D eigenvalue weighted by atomic mass is 16.6. The predicted molar refractivity (Wildman–Crippen MR) is 131 cm³/mol. The average Bonchev–Trinajstić information content (AvgIpc) is 2.82. The van der Waals surface area contributed by atoms with E-state index in [0.29, 0.717) is 6.42 Å². The maximum atomic E-state index is 12.7. The molecule has 0 spiro atoms. The van der Waals surface area contributed by atoms with Gasteiger partial charge in [-0.2, -0.15) is 0 Å². The number of ketones is 1. The molecule has 1 aliphatic heterocycles. The molecular weight excluding hydrogens is 472 g/mol. The summed E-state index contributed by atoms with van der Waals surface area (Å²) < 4.78 is 5.15. The summed E-state index contributed by atoms with van der Waals surface area (Å²) in [4.78, 5) is 49.4. The molecule has 12 heteroatoms. The second-order valence-corrected chi connectivity index (χ2v) is 9.76. The van der Waals surface area contributed by atoms with Gasteiger partial charge in [-0.15, -0.1) is 0 Å². The summed E-state index contributed by atoms with van der Waals surface area (Å²) in [5, 5.41) is 34.7. The highest BCUT2D eigenvalue weighted by Crippen LogP contribution is 2.20. The van der Waals surface area contributed by atoms with Crippen LogP contribution in [-0.4, -0.2) is 81.6 Å². The van der Waals surface area contributed by atoms with Crippen molar-refractivity contribution in [2.24, 2.45) is 17.4 Å². The molecule has 1 rings (SSSR count). The topological polar surface area (TPSA) is 214 Å². The van der Waals surface area contributed by atoms with Crippen molar-refractivity contribution in [3.05, 3.63) is 0 Å². The smallest absolute Gasteiger partial charge is 0.249 e. The molecule has 9 N–H and O–H groups in total. The van der Waals surface area contributed by atoms with E-state index in [1.54, 1.807) is 13.8 Å². The van der Waals surface area contributed by atoms with Crippen molar-refractivity contribution in [3.63, 3.8) is 0 Å². The molecule has 3 amide bonds. The van der Waals surface area contributed by atoms with E-state index in [2.05, 4.69) is 17.6 Å². The summed E-state index contributed by atoms with van der Waals surface area (Å²) in [5.41, 5.74) is 11.1. The SMILES string of the molecule is CCCCCCCCCC(N)C(=O)NC(CC(=O)N[C@@H]1OC(C(N)=O)[C@H](O)[C@H](O)C1O)C(=O)C(C)C. The van der Waals surface area contributed by atoms with Gasteiger partial charge in [-0.05, 0) is 6.42 Å².